The standard InChI is InChI=1S/C15H25NO3S/c1-3-13(2)12-20(17,18)10-4-9-19-15-7-5-14(11-16)6-8-15/h5-8,13H,3-4,9-12,16H2,1-2H3. The summed E-state index contributed by atoms with van der Waals surface area (Å²) in [4.78, 5) is 0. The Bertz CT molecular complexity index is 482. The molecule has 1 aromatic carbocycles. The maximum atomic E-state index is 11.8. The van der Waals surface area contributed by atoms with Gasteiger partial charge >= 0.3 is 0 Å². The molecule has 0 aliphatic rings. The zero-order chi connectivity index (χ0) is 15.0. The molecule has 0 amide bonds. The van der Waals surface area contributed by atoms with E-state index in [9.17, 15) is 8.42 Å². The van der Waals surface area contributed by atoms with Crippen LogP contribution in [-0.4, -0.2) is 26.5 Å². The van der Waals surface area contributed by atoms with Gasteiger partial charge in [0.15, 0.2) is 9.84 Å². The van der Waals surface area contributed by atoms with Crippen molar-refractivity contribution in [3.8, 4) is 5.75 Å². The van der Waals surface area contributed by atoms with E-state index in [-0.39, 0.29) is 17.4 Å². The van der Waals surface area contributed by atoms with Crippen LogP contribution < -0.4 is 10.5 Å². The number of benzene rings is 1. The maximum Gasteiger partial charge on any atom is 0.150 e. The van der Waals surface area contributed by atoms with Crippen molar-refractivity contribution in [2.45, 2.75) is 33.2 Å². The molecule has 1 aromatic rings. The molecule has 1 atom stereocenters. The Balaban J connectivity index is 2.30. The molecular weight excluding hydrogens is 274 g/mol. The van der Waals surface area contributed by atoms with Crippen LogP contribution in [-0.2, 0) is 16.4 Å². The van der Waals surface area contributed by atoms with Crippen molar-refractivity contribution >= 4 is 9.84 Å². The summed E-state index contributed by atoms with van der Waals surface area (Å²) in [5.74, 6) is 1.44. The zero-order valence-corrected chi connectivity index (χ0v) is 13.2. The Hall–Kier alpha value is -1.07. The number of rotatable bonds is 9. The molecule has 2 N–H and O–H groups in total. The first-order chi connectivity index (χ1) is 9.46. The Morgan fingerprint density at radius 1 is 1.25 bits per heavy atom. The molecule has 0 saturated carbocycles. The number of ether oxygens (including phenoxy) is 1. The van der Waals surface area contributed by atoms with Crippen LogP contribution in [0.25, 0.3) is 0 Å². The molecule has 114 valence electrons. The van der Waals surface area contributed by atoms with Crippen molar-refractivity contribution < 1.29 is 13.2 Å². The molecule has 0 radical (unpaired) electrons. The van der Waals surface area contributed by atoms with Gasteiger partial charge in [-0.3, -0.25) is 0 Å². The highest BCUT2D eigenvalue weighted by Crippen LogP contribution is 2.12. The van der Waals surface area contributed by atoms with Crippen LogP contribution in [0.3, 0.4) is 0 Å². The Morgan fingerprint density at radius 2 is 1.90 bits per heavy atom. The molecule has 1 unspecified atom stereocenters. The summed E-state index contributed by atoms with van der Waals surface area (Å²) in [6.45, 7) is 4.90. The fourth-order valence-electron chi connectivity index (χ4n) is 1.83. The van der Waals surface area contributed by atoms with E-state index in [4.69, 9.17) is 10.5 Å². The van der Waals surface area contributed by atoms with Crippen LogP contribution in [0.15, 0.2) is 24.3 Å². The minimum absolute atomic E-state index is 0.193. The maximum absolute atomic E-state index is 11.8. The van der Waals surface area contributed by atoms with Gasteiger partial charge in [-0.2, -0.15) is 0 Å². The van der Waals surface area contributed by atoms with E-state index in [0.29, 0.717) is 19.6 Å². The summed E-state index contributed by atoms with van der Waals surface area (Å²) >= 11 is 0. The first-order valence-corrected chi connectivity index (χ1v) is 8.91. The fourth-order valence-corrected chi connectivity index (χ4v) is 3.65. The Labute approximate surface area is 122 Å². The zero-order valence-electron chi connectivity index (χ0n) is 12.3. The smallest absolute Gasteiger partial charge is 0.150 e. The summed E-state index contributed by atoms with van der Waals surface area (Å²) < 4.78 is 29.2. The molecular formula is C15H25NO3S. The lowest BCUT2D eigenvalue weighted by Crippen LogP contribution is -2.18. The highest BCUT2D eigenvalue weighted by Gasteiger charge is 2.14. The van der Waals surface area contributed by atoms with Gasteiger partial charge in [-0.05, 0) is 30.0 Å². The second kappa shape index (κ2) is 8.27. The highest BCUT2D eigenvalue weighted by atomic mass is 32.2. The van der Waals surface area contributed by atoms with Gasteiger partial charge in [0, 0.05) is 6.54 Å². The van der Waals surface area contributed by atoms with Crippen molar-refractivity contribution in [3.63, 3.8) is 0 Å². The summed E-state index contributed by atoms with van der Waals surface area (Å²) in [7, 11) is -2.95. The normalized spacial score (nSPS) is 13.2. The van der Waals surface area contributed by atoms with E-state index < -0.39 is 9.84 Å². The largest absolute Gasteiger partial charge is 0.494 e. The summed E-state index contributed by atoms with van der Waals surface area (Å²) in [5, 5.41) is 0. The first-order valence-electron chi connectivity index (χ1n) is 7.09. The average Bonchev–Trinajstić information content (AvgIpc) is 2.43. The summed E-state index contributed by atoms with van der Waals surface area (Å²) in [6, 6.07) is 7.54. The van der Waals surface area contributed by atoms with E-state index in [0.717, 1.165) is 17.7 Å². The molecule has 0 fully saturated rings. The minimum atomic E-state index is -2.95. The Morgan fingerprint density at radius 3 is 2.45 bits per heavy atom. The van der Waals surface area contributed by atoms with Crippen LogP contribution in [0, 0.1) is 5.92 Å². The highest BCUT2D eigenvalue weighted by molar-refractivity contribution is 7.91. The molecule has 4 nitrogen and oxygen atoms in total. The van der Waals surface area contributed by atoms with Crippen molar-refractivity contribution in [1.82, 2.24) is 0 Å². The third-order valence-corrected chi connectivity index (χ3v) is 5.25. The summed E-state index contributed by atoms with van der Waals surface area (Å²) in [5.41, 5.74) is 6.56. The topological polar surface area (TPSA) is 69.4 Å². The molecule has 0 bridgehead atoms. The molecule has 0 aromatic heterocycles. The van der Waals surface area contributed by atoms with Crippen molar-refractivity contribution in [2.24, 2.45) is 11.7 Å². The van der Waals surface area contributed by atoms with E-state index in [1.165, 1.54) is 0 Å². The summed E-state index contributed by atoms with van der Waals surface area (Å²) in [6.07, 6.45) is 1.42. The predicted octanol–water partition coefficient (Wildman–Crippen LogP) is 2.38. The predicted molar refractivity (Wildman–Crippen MR) is 82.6 cm³/mol. The monoisotopic (exact) mass is 299 g/mol. The molecule has 0 spiro atoms. The van der Waals surface area contributed by atoms with Gasteiger partial charge in [0.25, 0.3) is 0 Å². The lowest BCUT2D eigenvalue weighted by molar-refractivity contribution is 0.317. The second-order valence-corrected chi connectivity index (χ2v) is 7.41. The minimum Gasteiger partial charge on any atom is -0.494 e. The average molecular weight is 299 g/mol. The lowest BCUT2D eigenvalue weighted by atomic mass is 10.2. The van der Waals surface area contributed by atoms with E-state index in [2.05, 4.69) is 0 Å². The van der Waals surface area contributed by atoms with Gasteiger partial charge in [-0.25, -0.2) is 8.42 Å². The quantitative estimate of drug-likeness (QED) is 0.711. The number of hydrogen-bond acceptors (Lipinski definition) is 4. The molecule has 5 heteroatoms. The fraction of sp³-hybridized carbons (Fsp3) is 0.600. The molecule has 20 heavy (non-hydrogen) atoms. The van der Waals surface area contributed by atoms with Crippen molar-refractivity contribution in [2.75, 3.05) is 18.1 Å². The lowest BCUT2D eigenvalue weighted by Gasteiger charge is -2.10. The molecule has 0 aliphatic heterocycles. The Kier molecular flexibility index (Phi) is 7.02. The number of nitrogens with two attached hydrogens (primary N) is 1. The van der Waals surface area contributed by atoms with Crippen LogP contribution in [0.4, 0.5) is 0 Å². The van der Waals surface area contributed by atoms with Gasteiger partial charge < -0.3 is 10.5 Å². The molecule has 1 rings (SSSR count). The third kappa shape index (κ3) is 6.39. The second-order valence-electron chi connectivity index (χ2n) is 5.18. The van der Waals surface area contributed by atoms with Crippen molar-refractivity contribution in [1.29, 1.82) is 0 Å². The van der Waals surface area contributed by atoms with Gasteiger partial charge in [0.1, 0.15) is 5.75 Å². The van der Waals surface area contributed by atoms with Crippen LogP contribution in [0.5, 0.6) is 5.75 Å². The molecule has 0 heterocycles. The van der Waals surface area contributed by atoms with Gasteiger partial charge in [0.05, 0.1) is 18.1 Å². The van der Waals surface area contributed by atoms with Gasteiger partial charge in [-0.1, -0.05) is 32.4 Å². The van der Waals surface area contributed by atoms with Gasteiger partial charge in [0.2, 0.25) is 0 Å². The molecule has 0 aliphatic carbocycles. The SMILES string of the molecule is CCC(C)CS(=O)(=O)CCCOc1ccc(CN)cc1. The first kappa shape index (κ1) is 17.0. The number of hydrogen-bond donors (Lipinski definition) is 1. The van der Waals surface area contributed by atoms with Crippen LogP contribution in [0.1, 0.15) is 32.3 Å². The van der Waals surface area contributed by atoms with E-state index in [1.807, 2.05) is 38.1 Å². The van der Waals surface area contributed by atoms with E-state index in [1.54, 1.807) is 0 Å². The van der Waals surface area contributed by atoms with E-state index >= 15 is 0 Å². The van der Waals surface area contributed by atoms with Crippen molar-refractivity contribution in [3.05, 3.63) is 29.8 Å². The van der Waals surface area contributed by atoms with Crippen LogP contribution >= 0.6 is 0 Å². The van der Waals surface area contributed by atoms with Crippen LogP contribution in [0.2, 0.25) is 0 Å². The number of sulfone groups is 1. The molecule has 0 saturated heterocycles. The van der Waals surface area contributed by atoms with Gasteiger partial charge in [-0.15, -0.1) is 0 Å². The third-order valence-electron chi connectivity index (χ3n) is 3.26.